The molecule has 1 heterocycles. The van der Waals surface area contributed by atoms with E-state index >= 15 is 0 Å². The second kappa shape index (κ2) is 5.44. The standard InChI is InChI=1S/C12H18O5/c1-5-7-14-11(3)12(4,15-8-6-2)17-10(13)9-16-11/h5-6H,1-2,7-9H2,3-4H3/t11-,12-/m1/s1. The average Bonchev–Trinajstić information content (AvgIpc) is 2.30. The van der Waals surface area contributed by atoms with Crippen molar-refractivity contribution in [2.24, 2.45) is 0 Å². The van der Waals surface area contributed by atoms with Gasteiger partial charge in [-0.25, -0.2) is 4.79 Å². The van der Waals surface area contributed by atoms with Gasteiger partial charge in [-0.15, -0.1) is 13.2 Å². The van der Waals surface area contributed by atoms with Crippen LogP contribution in [0.4, 0.5) is 0 Å². The molecule has 0 saturated carbocycles. The van der Waals surface area contributed by atoms with Gasteiger partial charge in [0, 0.05) is 6.92 Å². The fraction of sp³-hybridized carbons (Fsp3) is 0.583. The first-order valence-electron chi connectivity index (χ1n) is 5.33. The van der Waals surface area contributed by atoms with Gasteiger partial charge in [-0.3, -0.25) is 0 Å². The van der Waals surface area contributed by atoms with E-state index in [-0.39, 0.29) is 19.8 Å². The van der Waals surface area contributed by atoms with Crippen LogP contribution in [0.25, 0.3) is 0 Å². The Bertz CT molecular complexity index is 310. The fourth-order valence-electron chi connectivity index (χ4n) is 1.44. The SMILES string of the molecule is C=CCO[C@]1(C)OCC(=O)O[C@@]1(C)OCC=C. The molecule has 0 radical (unpaired) electrons. The quantitative estimate of drug-likeness (QED) is 0.520. The van der Waals surface area contributed by atoms with Gasteiger partial charge in [0.15, 0.2) is 0 Å². The number of cyclic esters (lactones) is 1. The van der Waals surface area contributed by atoms with Crippen molar-refractivity contribution in [1.29, 1.82) is 0 Å². The summed E-state index contributed by atoms with van der Waals surface area (Å²) in [5, 5.41) is 0. The van der Waals surface area contributed by atoms with Crippen LogP contribution in [-0.2, 0) is 23.7 Å². The minimum Gasteiger partial charge on any atom is -0.426 e. The summed E-state index contributed by atoms with van der Waals surface area (Å²) in [7, 11) is 0. The van der Waals surface area contributed by atoms with Gasteiger partial charge in [-0.1, -0.05) is 12.2 Å². The van der Waals surface area contributed by atoms with Gasteiger partial charge in [0.1, 0.15) is 6.61 Å². The van der Waals surface area contributed by atoms with E-state index in [1.807, 2.05) is 0 Å². The number of esters is 1. The normalized spacial score (nSPS) is 32.9. The number of carbonyl (C=O) groups is 1. The predicted octanol–water partition coefficient (Wildman–Crippen LogP) is 1.40. The van der Waals surface area contributed by atoms with Crippen LogP contribution in [-0.4, -0.2) is 37.4 Å². The van der Waals surface area contributed by atoms with Crippen molar-refractivity contribution < 1.29 is 23.7 Å². The molecule has 17 heavy (non-hydrogen) atoms. The average molecular weight is 242 g/mol. The van der Waals surface area contributed by atoms with Crippen LogP contribution in [0, 0.1) is 0 Å². The number of ether oxygens (including phenoxy) is 4. The third-order valence-electron chi connectivity index (χ3n) is 2.55. The van der Waals surface area contributed by atoms with Crippen LogP contribution >= 0.6 is 0 Å². The van der Waals surface area contributed by atoms with Crippen LogP contribution in [0.15, 0.2) is 25.3 Å². The molecule has 0 spiro atoms. The lowest BCUT2D eigenvalue weighted by Crippen LogP contribution is -2.62. The van der Waals surface area contributed by atoms with Gasteiger partial charge in [0.2, 0.25) is 5.79 Å². The lowest BCUT2D eigenvalue weighted by molar-refractivity contribution is -0.399. The Morgan fingerprint density at radius 2 is 1.76 bits per heavy atom. The van der Waals surface area contributed by atoms with E-state index in [0.29, 0.717) is 0 Å². The minimum atomic E-state index is -1.31. The third kappa shape index (κ3) is 2.94. The molecule has 0 aromatic heterocycles. The van der Waals surface area contributed by atoms with E-state index in [2.05, 4.69) is 13.2 Å². The van der Waals surface area contributed by atoms with Crippen LogP contribution in [0.5, 0.6) is 0 Å². The molecular formula is C12H18O5. The third-order valence-corrected chi connectivity index (χ3v) is 2.55. The zero-order chi connectivity index (χ0) is 12.9. The molecule has 1 rings (SSSR count). The summed E-state index contributed by atoms with van der Waals surface area (Å²) < 4.78 is 21.5. The van der Waals surface area contributed by atoms with Crippen molar-refractivity contribution in [2.45, 2.75) is 25.4 Å². The first-order valence-corrected chi connectivity index (χ1v) is 5.33. The molecule has 0 amide bonds. The van der Waals surface area contributed by atoms with E-state index < -0.39 is 17.5 Å². The van der Waals surface area contributed by atoms with E-state index in [0.717, 1.165) is 0 Å². The molecule has 96 valence electrons. The maximum absolute atomic E-state index is 11.3. The van der Waals surface area contributed by atoms with Crippen molar-refractivity contribution in [3.63, 3.8) is 0 Å². The maximum atomic E-state index is 11.3. The highest BCUT2D eigenvalue weighted by atomic mass is 16.8. The van der Waals surface area contributed by atoms with E-state index in [9.17, 15) is 4.79 Å². The summed E-state index contributed by atoms with van der Waals surface area (Å²) in [5.41, 5.74) is 0. The molecule has 1 fully saturated rings. The maximum Gasteiger partial charge on any atom is 0.334 e. The summed E-state index contributed by atoms with van der Waals surface area (Å²) in [6.45, 7) is 10.7. The minimum absolute atomic E-state index is 0.166. The van der Waals surface area contributed by atoms with Crippen LogP contribution in [0.3, 0.4) is 0 Å². The lowest BCUT2D eigenvalue weighted by atomic mass is 10.1. The Hall–Kier alpha value is -1.17. The predicted molar refractivity (Wildman–Crippen MR) is 61.2 cm³/mol. The zero-order valence-electron chi connectivity index (χ0n) is 10.2. The van der Waals surface area contributed by atoms with Crippen LogP contribution < -0.4 is 0 Å². The number of hydrogen-bond acceptors (Lipinski definition) is 5. The van der Waals surface area contributed by atoms with Gasteiger partial charge >= 0.3 is 5.97 Å². The number of carbonyl (C=O) groups excluding carboxylic acids is 1. The molecule has 0 bridgehead atoms. The van der Waals surface area contributed by atoms with Gasteiger partial charge in [0.25, 0.3) is 5.79 Å². The number of rotatable bonds is 6. The van der Waals surface area contributed by atoms with Crippen LogP contribution in [0.1, 0.15) is 13.8 Å². The smallest absolute Gasteiger partial charge is 0.334 e. The highest BCUT2D eigenvalue weighted by Gasteiger charge is 2.55. The Morgan fingerprint density at radius 3 is 2.29 bits per heavy atom. The molecule has 1 aliphatic rings. The molecular weight excluding hydrogens is 224 g/mol. The van der Waals surface area contributed by atoms with E-state index in [1.165, 1.54) is 0 Å². The van der Waals surface area contributed by atoms with Crippen LogP contribution in [0.2, 0.25) is 0 Å². The summed E-state index contributed by atoms with van der Waals surface area (Å²) >= 11 is 0. The fourth-order valence-corrected chi connectivity index (χ4v) is 1.44. The summed E-state index contributed by atoms with van der Waals surface area (Å²) in [6.07, 6.45) is 3.14. The first kappa shape index (κ1) is 13.9. The second-order valence-electron chi connectivity index (χ2n) is 3.85. The van der Waals surface area contributed by atoms with Crippen molar-refractivity contribution in [1.82, 2.24) is 0 Å². The molecule has 0 N–H and O–H groups in total. The summed E-state index contributed by atoms with van der Waals surface area (Å²) in [4.78, 5) is 11.3. The Balaban J connectivity index is 2.85. The zero-order valence-corrected chi connectivity index (χ0v) is 10.2. The molecule has 1 saturated heterocycles. The number of hydrogen-bond donors (Lipinski definition) is 0. The Labute approximate surface area is 101 Å². The molecule has 0 aromatic carbocycles. The van der Waals surface area contributed by atoms with Crippen molar-refractivity contribution in [3.8, 4) is 0 Å². The van der Waals surface area contributed by atoms with Gasteiger partial charge in [-0.05, 0) is 6.92 Å². The molecule has 0 aliphatic carbocycles. The van der Waals surface area contributed by atoms with Crippen molar-refractivity contribution in [3.05, 3.63) is 25.3 Å². The summed E-state index contributed by atoms with van der Waals surface area (Å²) in [5.74, 6) is -2.96. The molecule has 5 nitrogen and oxygen atoms in total. The van der Waals surface area contributed by atoms with Gasteiger partial charge in [-0.2, -0.15) is 0 Å². The van der Waals surface area contributed by atoms with E-state index in [4.69, 9.17) is 18.9 Å². The second-order valence-corrected chi connectivity index (χ2v) is 3.85. The lowest BCUT2D eigenvalue weighted by Gasteiger charge is -2.46. The highest BCUT2D eigenvalue weighted by Crippen LogP contribution is 2.35. The van der Waals surface area contributed by atoms with Crippen molar-refractivity contribution >= 4 is 5.97 Å². The summed E-state index contributed by atoms with van der Waals surface area (Å²) in [6, 6.07) is 0. The monoisotopic (exact) mass is 242 g/mol. The van der Waals surface area contributed by atoms with Gasteiger partial charge in [0.05, 0.1) is 13.2 Å². The topological polar surface area (TPSA) is 54.0 Å². The highest BCUT2D eigenvalue weighted by molar-refractivity contribution is 5.72. The van der Waals surface area contributed by atoms with Crippen molar-refractivity contribution in [2.75, 3.05) is 19.8 Å². The molecule has 1 aliphatic heterocycles. The van der Waals surface area contributed by atoms with Gasteiger partial charge < -0.3 is 18.9 Å². The largest absolute Gasteiger partial charge is 0.426 e. The molecule has 5 heteroatoms. The van der Waals surface area contributed by atoms with E-state index in [1.54, 1.807) is 26.0 Å². The first-order chi connectivity index (χ1) is 7.97. The molecule has 0 aromatic rings. The Morgan fingerprint density at radius 1 is 1.24 bits per heavy atom. The Kier molecular flexibility index (Phi) is 4.45. The molecule has 0 unspecified atom stereocenters. The molecule has 2 atom stereocenters.